The van der Waals surface area contributed by atoms with Crippen molar-refractivity contribution < 1.29 is 9.53 Å². The first-order chi connectivity index (χ1) is 10.8. The molecule has 2 aliphatic rings. The summed E-state index contributed by atoms with van der Waals surface area (Å²) in [5.74, 6) is 0.932. The fourth-order valence-electron chi connectivity index (χ4n) is 3.74. The minimum absolute atomic E-state index is 0.165. The zero-order chi connectivity index (χ0) is 16.9. The minimum atomic E-state index is -0.407. The molecule has 1 N–H and O–H groups in total. The highest BCUT2D eigenvalue weighted by Crippen LogP contribution is 2.27. The van der Waals surface area contributed by atoms with Crippen LogP contribution in [0, 0.1) is 5.92 Å². The van der Waals surface area contributed by atoms with Crippen LogP contribution in [0.2, 0.25) is 0 Å². The first kappa shape index (κ1) is 18.6. The molecular weight excluding hydrogens is 288 g/mol. The summed E-state index contributed by atoms with van der Waals surface area (Å²) in [4.78, 5) is 14.0. The predicted octanol–water partition coefficient (Wildman–Crippen LogP) is 4.34. The van der Waals surface area contributed by atoms with Crippen LogP contribution in [0.25, 0.3) is 0 Å². The summed E-state index contributed by atoms with van der Waals surface area (Å²) in [5, 5.41) is 3.77. The van der Waals surface area contributed by atoms with Crippen molar-refractivity contribution in [2.75, 3.05) is 19.6 Å². The van der Waals surface area contributed by atoms with Crippen LogP contribution < -0.4 is 5.32 Å². The number of nitrogens with zero attached hydrogens (tertiary/aromatic N) is 1. The smallest absolute Gasteiger partial charge is 0.410 e. The Bertz CT molecular complexity index is 375. The van der Waals surface area contributed by atoms with Gasteiger partial charge in [0, 0.05) is 18.6 Å². The fourth-order valence-corrected chi connectivity index (χ4v) is 3.74. The lowest BCUT2D eigenvalue weighted by Gasteiger charge is -2.40. The lowest BCUT2D eigenvalue weighted by atomic mass is 9.86. The number of amides is 1. The second kappa shape index (κ2) is 7.87. The Morgan fingerprint density at radius 2 is 1.78 bits per heavy atom. The number of piperidine rings is 1. The summed E-state index contributed by atoms with van der Waals surface area (Å²) < 4.78 is 5.47. The molecule has 0 aromatic rings. The summed E-state index contributed by atoms with van der Waals surface area (Å²) in [7, 11) is 0. The van der Waals surface area contributed by atoms with Crippen LogP contribution >= 0.6 is 0 Å². The number of nitrogens with one attached hydrogen (secondary N) is 1. The number of hydrogen-bond donors (Lipinski definition) is 1. The van der Waals surface area contributed by atoms with E-state index in [1.54, 1.807) is 0 Å². The van der Waals surface area contributed by atoms with E-state index < -0.39 is 5.60 Å². The maximum absolute atomic E-state index is 12.1. The van der Waals surface area contributed by atoms with E-state index in [4.69, 9.17) is 4.74 Å². The highest BCUT2D eigenvalue weighted by Gasteiger charge is 2.33. The Morgan fingerprint density at radius 3 is 2.35 bits per heavy atom. The zero-order valence-electron chi connectivity index (χ0n) is 15.6. The molecule has 4 heteroatoms. The molecule has 0 aromatic heterocycles. The lowest BCUT2D eigenvalue weighted by Crippen LogP contribution is -2.53. The van der Waals surface area contributed by atoms with Crippen molar-refractivity contribution in [1.29, 1.82) is 0 Å². The quantitative estimate of drug-likeness (QED) is 0.836. The molecule has 2 fully saturated rings. The van der Waals surface area contributed by atoms with Crippen molar-refractivity contribution in [3.63, 3.8) is 0 Å². The molecule has 1 aliphatic carbocycles. The van der Waals surface area contributed by atoms with Crippen LogP contribution in [0.3, 0.4) is 0 Å². The Kier molecular flexibility index (Phi) is 6.35. The highest BCUT2D eigenvalue weighted by molar-refractivity contribution is 5.68. The van der Waals surface area contributed by atoms with Crippen molar-refractivity contribution in [3.8, 4) is 0 Å². The topological polar surface area (TPSA) is 41.6 Å². The van der Waals surface area contributed by atoms with Gasteiger partial charge in [-0.15, -0.1) is 0 Å². The van der Waals surface area contributed by atoms with Crippen molar-refractivity contribution >= 4 is 6.09 Å². The molecule has 4 nitrogen and oxygen atoms in total. The second-order valence-electron chi connectivity index (χ2n) is 8.75. The van der Waals surface area contributed by atoms with Gasteiger partial charge in [0.05, 0.1) is 0 Å². The lowest BCUT2D eigenvalue weighted by molar-refractivity contribution is 0.0157. The molecule has 1 saturated heterocycles. The monoisotopic (exact) mass is 324 g/mol. The van der Waals surface area contributed by atoms with Crippen LogP contribution in [0.15, 0.2) is 0 Å². The molecule has 0 unspecified atom stereocenters. The number of hydrogen-bond acceptors (Lipinski definition) is 3. The van der Waals surface area contributed by atoms with E-state index in [0.29, 0.717) is 0 Å². The molecule has 1 amide bonds. The van der Waals surface area contributed by atoms with Gasteiger partial charge in [0.2, 0.25) is 0 Å². The summed E-state index contributed by atoms with van der Waals surface area (Å²) in [6.07, 6.45) is 10.3. The van der Waals surface area contributed by atoms with Gasteiger partial charge in [0.1, 0.15) is 5.60 Å². The molecule has 0 atom stereocenters. The molecule has 2 rings (SSSR count). The highest BCUT2D eigenvalue weighted by atomic mass is 16.6. The maximum atomic E-state index is 12.1. The minimum Gasteiger partial charge on any atom is -0.444 e. The first-order valence-corrected chi connectivity index (χ1v) is 9.50. The van der Waals surface area contributed by atoms with Crippen LogP contribution in [0.4, 0.5) is 4.79 Å². The summed E-state index contributed by atoms with van der Waals surface area (Å²) in [6, 6.07) is 0. The third kappa shape index (κ3) is 6.33. The molecule has 23 heavy (non-hydrogen) atoms. The van der Waals surface area contributed by atoms with Gasteiger partial charge in [0.15, 0.2) is 0 Å². The van der Waals surface area contributed by atoms with Crippen molar-refractivity contribution in [2.45, 2.75) is 90.2 Å². The van der Waals surface area contributed by atoms with Gasteiger partial charge in [-0.3, -0.25) is 0 Å². The molecule has 134 valence electrons. The molecule has 0 bridgehead atoms. The van der Waals surface area contributed by atoms with Crippen molar-refractivity contribution in [3.05, 3.63) is 0 Å². The maximum Gasteiger partial charge on any atom is 0.410 e. The average Bonchev–Trinajstić information content (AvgIpc) is 2.47. The zero-order valence-corrected chi connectivity index (χ0v) is 15.6. The van der Waals surface area contributed by atoms with Gasteiger partial charge < -0.3 is 15.0 Å². The molecule has 1 aliphatic heterocycles. The van der Waals surface area contributed by atoms with Crippen molar-refractivity contribution in [1.82, 2.24) is 10.2 Å². The second-order valence-corrected chi connectivity index (χ2v) is 8.75. The average molecular weight is 325 g/mol. The molecular formula is C19H36N2O2. The number of carbonyl (C=O) groups is 1. The van der Waals surface area contributed by atoms with E-state index in [9.17, 15) is 4.79 Å². The number of carbonyl (C=O) groups excluding carboxylic acids is 1. The third-order valence-corrected chi connectivity index (χ3v) is 5.35. The summed E-state index contributed by atoms with van der Waals surface area (Å²) >= 11 is 0. The van der Waals surface area contributed by atoms with E-state index in [2.05, 4.69) is 12.2 Å². The first-order valence-electron chi connectivity index (χ1n) is 9.50. The predicted molar refractivity (Wildman–Crippen MR) is 94.6 cm³/mol. The van der Waals surface area contributed by atoms with Crippen LogP contribution in [-0.2, 0) is 4.74 Å². The SMILES string of the molecule is CC1(NCCC2CCCCC2)CCN(C(=O)OC(C)(C)C)CC1. The van der Waals surface area contributed by atoms with E-state index in [-0.39, 0.29) is 11.6 Å². The number of rotatable bonds is 4. The Morgan fingerprint density at radius 1 is 1.17 bits per heavy atom. The fraction of sp³-hybridized carbons (Fsp3) is 0.947. The molecule has 1 saturated carbocycles. The van der Waals surface area contributed by atoms with Crippen molar-refractivity contribution in [2.24, 2.45) is 5.92 Å². The van der Waals surface area contributed by atoms with Gasteiger partial charge in [-0.1, -0.05) is 32.1 Å². The van der Waals surface area contributed by atoms with E-state index in [0.717, 1.165) is 38.4 Å². The molecule has 0 spiro atoms. The van der Waals surface area contributed by atoms with E-state index >= 15 is 0 Å². The van der Waals surface area contributed by atoms with E-state index in [1.165, 1.54) is 38.5 Å². The Balaban J connectivity index is 1.68. The largest absolute Gasteiger partial charge is 0.444 e. The number of likely N-dealkylation sites (tertiary alicyclic amines) is 1. The Labute approximate surface area is 142 Å². The van der Waals surface area contributed by atoms with Gasteiger partial charge in [-0.2, -0.15) is 0 Å². The van der Waals surface area contributed by atoms with Crippen LogP contribution in [-0.4, -0.2) is 41.8 Å². The summed E-state index contributed by atoms with van der Waals surface area (Å²) in [5.41, 5.74) is -0.233. The van der Waals surface area contributed by atoms with Gasteiger partial charge in [0.25, 0.3) is 0 Å². The molecule has 0 aromatic carbocycles. The Hall–Kier alpha value is -0.770. The third-order valence-electron chi connectivity index (χ3n) is 5.35. The van der Waals surface area contributed by atoms with Gasteiger partial charge >= 0.3 is 6.09 Å². The molecule has 1 heterocycles. The standard InChI is InChI=1S/C19H36N2O2/c1-18(2,3)23-17(22)21-14-11-19(4,12-15-21)20-13-10-16-8-6-5-7-9-16/h16,20H,5-15H2,1-4H3. The van der Waals surface area contributed by atoms with Gasteiger partial charge in [-0.25, -0.2) is 4.79 Å². The van der Waals surface area contributed by atoms with Crippen LogP contribution in [0.1, 0.15) is 79.1 Å². The molecule has 0 radical (unpaired) electrons. The van der Waals surface area contributed by atoms with Gasteiger partial charge in [-0.05, 0) is 59.4 Å². The summed E-state index contributed by atoms with van der Waals surface area (Å²) in [6.45, 7) is 10.8. The van der Waals surface area contributed by atoms with E-state index in [1.807, 2.05) is 25.7 Å². The number of ether oxygens (including phenoxy) is 1. The van der Waals surface area contributed by atoms with Crippen LogP contribution in [0.5, 0.6) is 0 Å². The normalized spacial score (nSPS) is 22.9.